The second-order valence-electron chi connectivity index (χ2n) is 24.9. The molecule has 0 N–H and O–H groups in total. The van der Waals surface area contributed by atoms with Gasteiger partial charge in [0.25, 0.3) is 0 Å². The van der Waals surface area contributed by atoms with Crippen LogP contribution in [0, 0.1) is 0 Å². The van der Waals surface area contributed by atoms with E-state index in [1.165, 1.54) is 117 Å². The Morgan fingerprint density at radius 2 is 0.986 bits per heavy atom. The van der Waals surface area contributed by atoms with E-state index < -0.39 is 0 Å². The fourth-order valence-corrected chi connectivity index (χ4v) is 13.9. The molecule has 0 bridgehead atoms. The maximum Gasteiger partial charge on any atom is 0.333 e. The maximum absolute atomic E-state index is 7.23. The van der Waals surface area contributed by atoms with Crippen molar-refractivity contribution in [2.45, 2.75) is 90.9 Å². The van der Waals surface area contributed by atoms with E-state index in [2.05, 4.69) is 255 Å². The third kappa shape index (κ3) is 5.75. The highest BCUT2D eigenvalue weighted by molar-refractivity contribution is 6.94. The first-order valence-electron chi connectivity index (χ1n) is 26.7. The summed E-state index contributed by atoms with van der Waals surface area (Å²) in [5, 5.41) is 4.81. The Balaban J connectivity index is 1.10. The van der Waals surface area contributed by atoms with Crippen molar-refractivity contribution in [2.75, 3.05) is 4.81 Å². The van der Waals surface area contributed by atoms with Crippen LogP contribution < -0.4 is 15.7 Å². The number of hydrogen-bond acceptors (Lipinski definition) is 2. The first-order chi connectivity index (χ1) is 35.5. The molecule has 2 aliphatic carbocycles. The van der Waals surface area contributed by atoms with Gasteiger partial charge in [-0.25, -0.2) is 0 Å². The number of fused-ring (bicyclic) bond motifs is 15. The van der Waals surface area contributed by atoms with E-state index in [0.29, 0.717) is 0 Å². The summed E-state index contributed by atoms with van der Waals surface area (Å²) in [5.41, 5.74) is 26.8. The largest absolute Gasteiger partial charge is 0.455 e. The predicted octanol–water partition coefficient (Wildman–Crippen LogP) is 17.3. The number of furan rings is 1. The van der Waals surface area contributed by atoms with Crippen molar-refractivity contribution in [3.8, 4) is 61.7 Å². The Morgan fingerprint density at radius 1 is 0.419 bits per heavy atom. The van der Waals surface area contributed by atoms with Crippen LogP contribution in [0.25, 0.3) is 94.3 Å². The number of benzene rings is 9. The molecule has 0 atom stereocenters. The molecule has 15 rings (SSSR count). The fraction of sp³-hybridized carbons (Fsp3) is 0.200. The van der Waals surface area contributed by atoms with Crippen LogP contribution in [0.1, 0.15) is 103 Å². The zero-order chi connectivity index (χ0) is 50.5. The van der Waals surface area contributed by atoms with E-state index in [1.807, 2.05) is 0 Å². The van der Waals surface area contributed by atoms with Crippen molar-refractivity contribution in [3.63, 3.8) is 0 Å². The van der Waals surface area contributed by atoms with E-state index in [-0.39, 0.29) is 28.5 Å². The lowest BCUT2D eigenvalue weighted by Gasteiger charge is -2.42. The minimum atomic E-state index is -0.210. The molecule has 74 heavy (non-hydrogen) atoms. The summed E-state index contributed by atoms with van der Waals surface area (Å²) in [6, 6.07) is 67.4. The standard InChI is InChI=1S/C70H59BN2O/c1-67(2,3)42-25-28-44(29-26-42)73-61-39-58-49(46-30-27-43(68(4,5)6)33-56(46)70(58,9)10)34-51(61)47-31-32-48-52-35-57-50(45-23-17-18-24-55(45)69(57,7)8)37-60(52)72-62-38-54-53(36-59(62)71(73)63(47)64(48)72)65(40-19-13-11-14-20-40)74-66(54)41-21-15-12-16-22-41/h11-39H,1-10H3. The molecule has 2 aromatic heterocycles. The molecule has 11 aromatic rings. The van der Waals surface area contributed by atoms with Crippen LogP contribution >= 0.6 is 0 Å². The molecule has 0 saturated carbocycles. The van der Waals surface area contributed by atoms with Gasteiger partial charge in [0, 0.05) is 66.1 Å². The highest BCUT2D eigenvalue weighted by Crippen LogP contribution is 2.57. The van der Waals surface area contributed by atoms with Gasteiger partial charge in [-0.05, 0) is 125 Å². The average Bonchev–Trinajstić information content (AvgIpc) is 4.11. The third-order valence-electron chi connectivity index (χ3n) is 17.9. The molecule has 2 aliphatic heterocycles. The van der Waals surface area contributed by atoms with Crippen molar-refractivity contribution < 1.29 is 4.42 Å². The minimum Gasteiger partial charge on any atom is -0.455 e. The summed E-state index contributed by atoms with van der Waals surface area (Å²) < 4.78 is 9.88. The first kappa shape index (κ1) is 43.7. The zero-order valence-corrected chi connectivity index (χ0v) is 44.1. The van der Waals surface area contributed by atoms with Crippen molar-refractivity contribution >= 4 is 61.7 Å². The molecule has 4 heteroatoms. The molecule has 9 aromatic carbocycles. The first-order valence-corrected chi connectivity index (χ1v) is 26.7. The van der Waals surface area contributed by atoms with Gasteiger partial charge >= 0.3 is 6.85 Å². The Bertz CT molecular complexity index is 4250. The summed E-state index contributed by atoms with van der Waals surface area (Å²) in [5.74, 6) is 1.78. The van der Waals surface area contributed by atoms with Gasteiger partial charge in [0.05, 0.1) is 11.0 Å². The molecular formula is C70H59BN2O. The summed E-state index contributed by atoms with van der Waals surface area (Å²) in [6.07, 6.45) is 0. The Labute approximate surface area is 435 Å². The van der Waals surface area contributed by atoms with Crippen molar-refractivity contribution in [1.29, 1.82) is 0 Å². The predicted molar refractivity (Wildman–Crippen MR) is 313 cm³/mol. The Morgan fingerprint density at radius 3 is 1.68 bits per heavy atom. The molecule has 3 nitrogen and oxygen atoms in total. The average molecular weight is 955 g/mol. The summed E-state index contributed by atoms with van der Waals surface area (Å²) >= 11 is 0. The number of hydrogen-bond donors (Lipinski definition) is 0. The molecule has 0 fully saturated rings. The molecular weight excluding hydrogens is 896 g/mol. The maximum atomic E-state index is 7.23. The van der Waals surface area contributed by atoms with Crippen molar-refractivity contribution in [2.24, 2.45) is 0 Å². The molecule has 0 unspecified atom stereocenters. The zero-order valence-electron chi connectivity index (χ0n) is 44.1. The number of anilines is 2. The van der Waals surface area contributed by atoms with Crippen LogP contribution in [-0.2, 0) is 21.7 Å². The quantitative estimate of drug-likeness (QED) is 0.165. The summed E-state index contributed by atoms with van der Waals surface area (Å²) in [7, 11) is 0. The molecule has 0 radical (unpaired) electrons. The lowest BCUT2D eigenvalue weighted by molar-refractivity contribution is 0.584. The molecule has 358 valence electrons. The monoisotopic (exact) mass is 954 g/mol. The highest BCUT2D eigenvalue weighted by Gasteiger charge is 2.47. The van der Waals surface area contributed by atoms with Crippen molar-refractivity contribution in [3.05, 3.63) is 209 Å². The second-order valence-corrected chi connectivity index (χ2v) is 24.9. The second kappa shape index (κ2) is 14.5. The van der Waals surface area contributed by atoms with Gasteiger partial charge in [-0.15, -0.1) is 0 Å². The normalized spacial score (nSPS) is 15.3. The van der Waals surface area contributed by atoms with E-state index in [4.69, 9.17) is 4.42 Å². The van der Waals surface area contributed by atoms with Gasteiger partial charge in [-0.2, -0.15) is 0 Å². The van der Waals surface area contributed by atoms with Crippen molar-refractivity contribution in [1.82, 2.24) is 4.57 Å². The topological polar surface area (TPSA) is 21.3 Å². The number of aromatic nitrogens is 1. The molecule has 4 heterocycles. The smallest absolute Gasteiger partial charge is 0.333 e. The number of rotatable bonds is 3. The van der Waals surface area contributed by atoms with Gasteiger partial charge in [0.1, 0.15) is 11.5 Å². The lowest BCUT2D eigenvalue weighted by atomic mass is 9.43. The van der Waals surface area contributed by atoms with Crippen LogP contribution in [0.5, 0.6) is 0 Å². The molecule has 4 aliphatic rings. The van der Waals surface area contributed by atoms with Crippen LogP contribution in [0.3, 0.4) is 0 Å². The van der Waals surface area contributed by atoms with Gasteiger partial charge in [-0.3, -0.25) is 0 Å². The van der Waals surface area contributed by atoms with E-state index in [1.54, 1.807) is 0 Å². The Hall–Kier alpha value is -7.82. The van der Waals surface area contributed by atoms with Crippen LogP contribution in [0.15, 0.2) is 180 Å². The minimum absolute atomic E-state index is 0.00452. The van der Waals surface area contributed by atoms with E-state index in [0.717, 1.165) is 33.4 Å². The van der Waals surface area contributed by atoms with E-state index in [9.17, 15) is 0 Å². The van der Waals surface area contributed by atoms with Gasteiger partial charge in [0.2, 0.25) is 0 Å². The van der Waals surface area contributed by atoms with E-state index >= 15 is 0 Å². The van der Waals surface area contributed by atoms with Gasteiger partial charge in [0.15, 0.2) is 0 Å². The fourth-order valence-electron chi connectivity index (χ4n) is 13.9. The third-order valence-corrected chi connectivity index (χ3v) is 17.9. The molecule has 0 saturated heterocycles. The molecule has 0 spiro atoms. The van der Waals surface area contributed by atoms with Gasteiger partial charge < -0.3 is 13.8 Å². The van der Waals surface area contributed by atoms with Crippen LogP contribution in [0.4, 0.5) is 11.4 Å². The molecule has 0 amide bonds. The summed E-state index contributed by atoms with van der Waals surface area (Å²) in [6.45, 7) is 23.5. The lowest BCUT2D eigenvalue weighted by Crippen LogP contribution is -2.60. The van der Waals surface area contributed by atoms with Crippen LogP contribution in [-0.4, -0.2) is 11.4 Å². The van der Waals surface area contributed by atoms with Gasteiger partial charge in [-0.1, -0.05) is 203 Å². The number of nitrogens with zero attached hydrogens (tertiary/aromatic N) is 2. The summed E-state index contributed by atoms with van der Waals surface area (Å²) in [4.78, 5) is 2.72. The van der Waals surface area contributed by atoms with Crippen LogP contribution in [0.2, 0.25) is 0 Å². The highest BCUT2D eigenvalue weighted by atomic mass is 16.3. The Kier molecular flexibility index (Phi) is 8.56. The SMILES string of the molecule is CC(C)(C)c1ccc(N2B3c4cc5c(-c6ccccc6)oc(-c6ccccc6)c5cc4-n4c5cc6c(cc5c5ccc(c3c54)-c3cc4c(cc32)C(C)(C)c2cc(C(C)(C)C)ccc2-4)C(C)(C)c2ccccc2-6)cc1.